The van der Waals surface area contributed by atoms with Crippen LogP contribution in [-0.2, 0) is 20.4 Å². The van der Waals surface area contributed by atoms with Crippen molar-refractivity contribution in [3.8, 4) is 0 Å². The van der Waals surface area contributed by atoms with Crippen LogP contribution in [-0.4, -0.2) is 11.8 Å². The first kappa shape index (κ1) is 11.5. The number of piperidine rings is 1. The van der Waals surface area contributed by atoms with Crippen LogP contribution in [0.4, 0.5) is 0 Å². The predicted octanol–water partition coefficient (Wildman–Crippen LogP) is 1.90. The number of fused-ring (bicyclic) bond motifs is 1. The van der Waals surface area contributed by atoms with Crippen molar-refractivity contribution in [3.05, 3.63) is 35.4 Å². The van der Waals surface area contributed by atoms with Gasteiger partial charge in [-0.05, 0) is 23.0 Å². The second kappa shape index (κ2) is 3.22. The molecule has 1 heterocycles. The van der Waals surface area contributed by atoms with Gasteiger partial charge in [0.15, 0.2) is 0 Å². The summed E-state index contributed by atoms with van der Waals surface area (Å²) in [6.45, 7) is 6.48. The van der Waals surface area contributed by atoms with E-state index in [4.69, 9.17) is 0 Å². The molecule has 2 atom stereocenters. The van der Waals surface area contributed by atoms with Crippen LogP contribution in [0.3, 0.4) is 0 Å². The zero-order chi connectivity index (χ0) is 13.1. The summed E-state index contributed by atoms with van der Waals surface area (Å²) in [5.74, 6) is -0.369. The normalized spacial score (nSPS) is 30.1. The Kier molecular flexibility index (Phi) is 2.05. The summed E-state index contributed by atoms with van der Waals surface area (Å²) >= 11 is 0. The molecule has 1 saturated heterocycles. The van der Waals surface area contributed by atoms with Crippen molar-refractivity contribution >= 4 is 11.8 Å². The molecule has 1 aromatic rings. The van der Waals surface area contributed by atoms with Crippen molar-refractivity contribution in [2.75, 3.05) is 0 Å². The topological polar surface area (TPSA) is 46.2 Å². The Labute approximate surface area is 107 Å². The largest absolute Gasteiger partial charge is 0.295 e. The lowest BCUT2D eigenvalue weighted by molar-refractivity contribution is -0.127. The number of imide groups is 1. The van der Waals surface area contributed by atoms with Gasteiger partial charge in [0, 0.05) is 0 Å². The first-order valence-electron chi connectivity index (χ1n) is 6.32. The molecule has 1 aliphatic carbocycles. The number of hydrogen-bond acceptors (Lipinski definition) is 2. The van der Waals surface area contributed by atoms with Crippen molar-refractivity contribution in [2.24, 2.45) is 5.92 Å². The zero-order valence-corrected chi connectivity index (χ0v) is 10.9. The molecule has 2 fully saturated rings. The van der Waals surface area contributed by atoms with E-state index >= 15 is 0 Å². The quantitative estimate of drug-likeness (QED) is 0.766. The number of rotatable bonds is 1. The molecule has 94 valence electrons. The highest BCUT2D eigenvalue weighted by Crippen LogP contribution is 2.57. The van der Waals surface area contributed by atoms with E-state index in [1.807, 2.05) is 12.1 Å². The molecular weight excluding hydrogens is 226 g/mol. The molecule has 2 aliphatic rings. The summed E-state index contributed by atoms with van der Waals surface area (Å²) in [5, 5.41) is 2.42. The molecule has 3 heteroatoms. The highest BCUT2D eigenvalue weighted by molar-refractivity contribution is 6.15. The molecule has 3 rings (SSSR count). The second-order valence-electron chi connectivity index (χ2n) is 6.37. The maximum Gasteiger partial charge on any atom is 0.238 e. The zero-order valence-electron chi connectivity index (χ0n) is 10.9. The molecule has 18 heavy (non-hydrogen) atoms. The fourth-order valence-electron chi connectivity index (χ4n) is 2.86. The van der Waals surface area contributed by atoms with Crippen molar-refractivity contribution in [2.45, 2.75) is 38.0 Å². The highest BCUT2D eigenvalue weighted by atomic mass is 16.2. The standard InChI is InChI=1S/C15H17NO2/c1-14(2,3)9-4-6-10(7-5-9)15-8-11(15)12(17)16-13(15)18/h4-7,11H,8H2,1-3H3,(H,16,17,18)/t11-,15+/m0/s1. The highest BCUT2D eigenvalue weighted by Gasteiger charge is 2.69. The molecule has 0 unspecified atom stereocenters. The fraction of sp³-hybridized carbons (Fsp3) is 0.467. The van der Waals surface area contributed by atoms with Gasteiger partial charge in [0.05, 0.1) is 11.3 Å². The summed E-state index contributed by atoms with van der Waals surface area (Å²) < 4.78 is 0. The number of nitrogens with one attached hydrogen (secondary N) is 1. The summed E-state index contributed by atoms with van der Waals surface area (Å²) in [4.78, 5) is 23.4. The Morgan fingerprint density at radius 3 is 2.17 bits per heavy atom. The molecule has 0 radical (unpaired) electrons. The summed E-state index contributed by atoms with van der Waals surface area (Å²) in [6.07, 6.45) is 0.673. The Hall–Kier alpha value is -1.64. The number of benzene rings is 1. The molecule has 0 aromatic heterocycles. The molecule has 3 nitrogen and oxygen atoms in total. The van der Waals surface area contributed by atoms with Crippen LogP contribution >= 0.6 is 0 Å². The fourth-order valence-corrected chi connectivity index (χ4v) is 2.86. The van der Waals surface area contributed by atoms with Crippen molar-refractivity contribution in [1.82, 2.24) is 5.32 Å². The average molecular weight is 243 g/mol. The monoisotopic (exact) mass is 243 g/mol. The van der Waals surface area contributed by atoms with Gasteiger partial charge in [0.1, 0.15) is 0 Å². The molecule has 1 saturated carbocycles. The first-order chi connectivity index (χ1) is 8.35. The number of carbonyl (C=O) groups excluding carboxylic acids is 2. The van der Waals surface area contributed by atoms with E-state index in [0.29, 0.717) is 6.42 Å². The Bertz CT molecular complexity index is 539. The lowest BCUT2D eigenvalue weighted by atomic mass is 9.84. The van der Waals surface area contributed by atoms with E-state index in [9.17, 15) is 9.59 Å². The van der Waals surface area contributed by atoms with Crippen LogP contribution in [0.1, 0.15) is 38.3 Å². The molecule has 0 bridgehead atoms. The van der Waals surface area contributed by atoms with Crippen LogP contribution in [0.2, 0.25) is 0 Å². The van der Waals surface area contributed by atoms with Crippen molar-refractivity contribution < 1.29 is 9.59 Å². The predicted molar refractivity (Wildman–Crippen MR) is 68.1 cm³/mol. The Balaban J connectivity index is 1.96. The van der Waals surface area contributed by atoms with Crippen LogP contribution in [0.5, 0.6) is 0 Å². The van der Waals surface area contributed by atoms with Gasteiger partial charge in [0.25, 0.3) is 0 Å². The van der Waals surface area contributed by atoms with Crippen LogP contribution in [0, 0.1) is 5.92 Å². The van der Waals surface area contributed by atoms with Gasteiger partial charge in [-0.15, -0.1) is 0 Å². The Morgan fingerprint density at radius 1 is 1.17 bits per heavy atom. The SMILES string of the molecule is CC(C)(C)c1ccc([C@]23C[C@H]2C(=O)NC3=O)cc1. The van der Waals surface area contributed by atoms with Gasteiger partial charge >= 0.3 is 0 Å². The van der Waals surface area contributed by atoms with E-state index in [2.05, 4.69) is 38.2 Å². The van der Waals surface area contributed by atoms with Gasteiger partial charge < -0.3 is 0 Å². The van der Waals surface area contributed by atoms with Gasteiger partial charge in [0.2, 0.25) is 11.8 Å². The van der Waals surface area contributed by atoms with E-state index in [-0.39, 0.29) is 23.1 Å². The maximum atomic E-state index is 11.9. The third kappa shape index (κ3) is 1.36. The summed E-state index contributed by atoms with van der Waals surface area (Å²) in [7, 11) is 0. The third-order valence-corrected chi connectivity index (χ3v) is 4.19. The average Bonchev–Trinajstić information content (AvgIpc) is 2.99. The van der Waals surface area contributed by atoms with Gasteiger partial charge in [-0.1, -0.05) is 45.0 Å². The lowest BCUT2D eigenvalue weighted by Gasteiger charge is -2.20. The second-order valence-corrected chi connectivity index (χ2v) is 6.37. The third-order valence-electron chi connectivity index (χ3n) is 4.19. The molecule has 1 aliphatic heterocycles. The minimum Gasteiger partial charge on any atom is -0.295 e. The van der Waals surface area contributed by atoms with Crippen molar-refractivity contribution in [1.29, 1.82) is 0 Å². The van der Waals surface area contributed by atoms with E-state index in [0.717, 1.165) is 5.56 Å². The molecular formula is C15H17NO2. The van der Waals surface area contributed by atoms with Gasteiger partial charge in [-0.25, -0.2) is 0 Å². The van der Waals surface area contributed by atoms with Gasteiger partial charge in [-0.2, -0.15) is 0 Å². The molecule has 2 amide bonds. The molecule has 0 spiro atoms. The van der Waals surface area contributed by atoms with Crippen molar-refractivity contribution in [3.63, 3.8) is 0 Å². The number of hydrogen-bond donors (Lipinski definition) is 1. The van der Waals surface area contributed by atoms with Crippen LogP contribution in [0.15, 0.2) is 24.3 Å². The minimum absolute atomic E-state index is 0.104. The molecule has 1 N–H and O–H groups in total. The molecule has 1 aromatic carbocycles. The number of carbonyl (C=O) groups is 2. The summed E-state index contributed by atoms with van der Waals surface area (Å²) in [5.41, 5.74) is 1.77. The van der Waals surface area contributed by atoms with E-state index < -0.39 is 5.41 Å². The van der Waals surface area contributed by atoms with E-state index in [1.54, 1.807) is 0 Å². The Morgan fingerprint density at radius 2 is 1.78 bits per heavy atom. The lowest BCUT2D eigenvalue weighted by Crippen LogP contribution is -2.30. The van der Waals surface area contributed by atoms with Crippen LogP contribution < -0.4 is 5.32 Å². The van der Waals surface area contributed by atoms with E-state index in [1.165, 1.54) is 5.56 Å². The smallest absolute Gasteiger partial charge is 0.238 e. The maximum absolute atomic E-state index is 11.9. The summed E-state index contributed by atoms with van der Waals surface area (Å²) in [6, 6.07) is 8.13. The van der Waals surface area contributed by atoms with Gasteiger partial charge in [-0.3, -0.25) is 14.9 Å². The number of amides is 2. The minimum atomic E-state index is -0.548. The first-order valence-corrected chi connectivity index (χ1v) is 6.32. The van der Waals surface area contributed by atoms with Crippen LogP contribution in [0.25, 0.3) is 0 Å².